The Hall–Kier alpha value is -2.93. The van der Waals surface area contributed by atoms with Crippen molar-refractivity contribution in [3.05, 3.63) is 87.5 Å². The first-order valence-electron chi connectivity index (χ1n) is 11.2. The number of H-pyrrole nitrogens is 1. The zero-order valence-corrected chi connectivity index (χ0v) is 19.4. The zero-order valence-electron chi connectivity index (χ0n) is 18.6. The van der Waals surface area contributed by atoms with Gasteiger partial charge in [0.05, 0.1) is 5.56 Å². The summed E-state index contributed by atoms with van der Waals surface area (Å²) in [5.41, 5.74) is 1.63. The van der Waals surface area contributed by atoms with Gasteiger partial charge in [-0.1, -0.05) is 74.1 Å². The number of anilines is 1. The van der Waals surface area contributed by atoms with Crippen LogP contribution in [0.15, 0.2) is 64.5 Å². The van der Waals surface area contributed by atoms with Gasteiger partial charge in [0.15, 0.2) is 5.16 Å². The molecule has 0 bridgehead atoms. The maximum atomic E-state index is 14.0. The van der Waals surface area contributed by atoms with Gasteiger partial charge >= 0.3 is 0 Å². The first kappa shape index (κ1) is 21.9. The summed E-state index contributed by atoms with van der Waals surface area (Å²) < 4.78 is 14.0. The quantitative estimate of drug-likeness (QED) is 0.414. The molecular weight excluding hydrogens is 437 g/mol. The molecule has 3 atom stereocenters. The molecule has 1 aromatic heterocycles. The van der Waals surface area contributed by atoms with Crippen molar-refractivity contribution in [3.63, 3.8) is 0 Å². The lowest BCUT2D eigenvalue weighted by Crippen LogP contribution is -2.51. The van der Waals surface area contributed by atoms with Crippen LogP contribution >= 0.6 is 11.8 Å². The minimum atomic E-state index is -0.349. The van der Waals surface area contributed by atoms with Crippen molar-refractivity contribution in [1.29, 1.82) is 0 Å². The molecular formula is C26H26FN3O2S. The van der Waals surface area contributed by atoms with Gasteiger partial charge in [0.2, 0.25) is 0 Å². The minimum Gasteiger partial charge on any atom is -0.366 e. The number of Topliss-reactive ketones (excluding diaryl/α,β-unsaturated/α-hetero) is 1. The second-order valence-electron chi connectivity index (χ2n) is 9.69. The number of aromatic amines is 1. The number of nitrogens with one attached hydrogen (secondary N) is 2. The largest absolute Gasteiger partial charge is 0.366 e. The summed E-state index contributed by atoms with van der Waals surface area (Å²) in [6.07, 6.45) is 1.31. The molecule has 0 spiro atoms. The first-order chi connectivity index (χ1) is 15.8. The Morgan fingerprint density at radius 3 is 2.58 bits per heavy atom. The molecule has 3 aromatic rings. The maximum absolute atomic E-state index is 14.0. The molecule has 170 valence electrons. The summed E-state index contributed by atoms with van der Waals surface area (Å²) in [6.45, 7) is 4.22. The number of halogens is 1. The van der Waals surface area contributed by atoms with E-state index in [-0.39, 0.29) is 40.5 Å². The van der Waals surface area contributed by atoms with E-state index in [0.29, 0.717) is 34.3 Å². The summed E-state index contributed by atoms with van der Waals surface area (Å²) in [6, 6.07) is 16.2. The van der Waals surface area contributed by atoms with E-state index in [4.69, 9.17) is 4.98 Å². The van der Waals surface area contributed by atoms with Crippen molar-refractivity contribution in [2.24, 2.45) is 11.3 Å². The Morgan fingerprint density at radius 1 is 1.09 bits per heavy atom. The van der Waals surface area contributed by atoms with Crippen LogP contribution in [0.25, 0.3) is 0 Å². The lowest BCUT2D eigenvalue weighted by atomic mass is 9.62. The molecule has 0 radical (unpaired) electrons. The number of benzene rings is 2. The highest BCUT2D eigenvalue weighted by atomic mass is 32.2. The molecule has 2 N–H and O–H groups in total. The van der Waals surface area contributed by atoms with E-state index in [1.165, 1.54) is 17.8 Å². The fourth-order valence-electron chi connectivity index (χ4n) is 5.25. The summed E-state index contributed by atoms with van der Waals surface area (Å²) in [5, 5.41) is 3.87. The predicted octanol–water partition coefficient (Wildman–Crippen LogP) is 5.13. The number of aromatic nitrogens is 2. The van der Waals surface area contributed by atoms with Crippen molar-refractivity contribution in [1.82, 2.24) is 9.97 Å². The van der Waals surface area contributed by atoms with Crippen LogP contribution in [0.1, 0.15) is 49.3 Å². The van der Waals surface area contributed by atoms with Crippen LogP contribution in [-0.2, 0) is 10.5 Å². The molecule has 1 aliphatic carbocycles. The van der Waals surface area contributed by atoms with Crippen molar-refractivity contribution in [3.8, 4) is 0 Å². The minimum absolute atomic E-state index is 0.0994. The van der Waals surface area contributed by atoms with Gasteiger partial charge in [-0.2, -0.15) is 0 Å². The maximum Gasteiger partial charge on any atom is 0.257 e. The standard InChI is InChI=1S/C26H26FN3O2S/c1-26(2)12-18-21(19(31)13-26)20(15-8-4-3-5-9-15)22-23(28-18)29-25(30-24(22)32)33-14-16-10-6-7-11-17(16)27/h3-11,18,20-21H,12-14H2,1-2H3,(H2,28,29,30,32). The fraction of sp³-hybridized carbons (Fsp3) is 0.346. The molecule has 2 heterocycles. The molecule has 5 rings (SSSR count). The topological polar surface area (TPSA) is 74.8 Å². The van der Waals surface area contributed by atoms with Gasteiger partial charge in [-0.15, -0.1) is 0 Å². The Morgan fingerprint density at radius 2 is 1.82 bits per heavy atom. The van der Waals surface area contributed by atoms with Crippen molar-refractivity contribution < 1.29 is 9.18 Å². The van der Waals surface area contributed by atoms with Crippen LogP contribution in [-0.4, -0.2) is 21.8 Å². The van der Waals surface area contributed by atoms with E-state index in [2.05, 4.69) is 24.1 Å². The van der Waals surface area contributed by atoms with Crippen molar-refractivity contribution in [2.45, 2.75) is 49.6 Å². The molecule has 0 saturated heterocycles. The van der Waals surface area contributed by atoms with Gasteiger partial charge in [0.1, 0.15) is 17.4 Å². The van der Waals surface area contributed by atoms with Crippen LogP contribution in [0.3, 0.4) is 0 Å². The number of rotatable bonds is 4. The molecule has 2 aromatic carbocycles. The second kappa shape index (κ2) is 8.45. The van der Waals surface area contributed by atoms with E-state index in [0.717, 1.165) is 12.0 Å². The summed E-state index contributed by atoms with van der Waals surface area (Å²) in [7, 11) is 0. The lowest BCUT2D eigenvalue weighted by Gasteiger charge is -2.46. The zero-order chi connectivity index (χ0) is 23.2. The third-order valence-electron chi connectivity index (χ3n) is 6.64. The van der Waals surface area contributed by atoms with Gasteiger partial charge in [-0.05, 0) is 29.0 Å². The van der Waals surface area contributed by atoms with E-state index < -0.39 is 0 Å². The average Bonchev–Trinajstić information content (AvgIpc) is 2.77. The van der Waals surface area contributed by atoms with Crippen LogP contribution in [0.5, 0.6) is 0 Å². The third kappa shape index (κ3) is 4.22. The van der Waals surface area contributed by atoms with E-state index >= 15 is 0 Å². The number of carbonyl (C=O) groups excluding carboxylic acids is 1. The average molecular weight is 464 g/mol. The SMILES string of the molecule is CC1(C)CC(=O)C2C(C1)Nc1nc(SCc3ccccc3F)[nH]c(=O)c1C2c1ccccc1. The van der Waals surface area contributed by atoms with E-state index in [9.17, 15) is 14.0 Å². The molecule has 3 unspecified atom stereocenters. The Labute approximate surface area is 196 Å². The molecule has 2 aliphatic rings. The smallest absolute Gasteiger partial charge is 0.257 e. The summed E-state index contributed by atoms with van der Waals surface area (Å²) in [4.78, 5) is 34.2. The number of carbonyl (C=O) groups is 1. The summed E-state index contributed by atoms with van der Waals surface area (Å²) >= 11 is 1.29. The second-order valence-corrected chi connectivity index (χ2v) is 10.7. The van der Waals surface area contributed by atoms with Gasteiger partial charge < -0.3 is 10.3 Å². The van der Waals surface area contributed by atoms with Gasteiger partial charge in [0, 0.05) is 30.1 Å². The van der Waals surface area contributed by atoms with Crippen LogP contribution in [0, 0.1) is 17.2 Å². The predicted molar refractivity (Wildman–Crippen MR) is 128 cm³/mol. The van der Waals surface area contributed by atoms with Crippen LogP contribution < -0.4 is 10.9 Å². The van der Waals surface area contributed by atoms with Crippen LogP contribution in [0.2, 0.25) is 0 Å². The van der Waals surface area contributed by atoms with Gasteiger partial charge in [-0.25, -0.2) is 9.37 Å². The number of fused-ring (bicyclic) bond motifs is 2. The lowest BCUT2D eigenvalue weighted by molar-refractivity contribution is -0.129. The monoisotopic (exact) mass is 463 g/mol. The molecule has 7 heteroatoms. The number of ketones is 1. The molecule has 5 nitrogen and oxygen atoms in total. The van der Waals surface area contributed by atoms with Crippen molar-refractivity contribution in [2.75, 3.05) is 5.32 Å². The number of thioether (sulfide) groups is 1. The van der Waals surface area contributed by atoms with E-state index in [1.807, 2.05) is 30.3 Å². The van der Waals surface area contributed by atoms with Crippen LogP contribution in [0.4, 0.5) is 10.2 Å². The number of nitrogens with zero attached hydrogens (tertiary/aromatic N) is 1. The number of hydrogen-bond donors (Lipinski definition) is 2. The third-order valence-corrected chi connectivity index (χ3v) is 7.56. The van der Waals surface area contributed by atoms with Gasteiger partial charge in [-0.3, -0.25) is 9.59 Å². The van der Waals surface area contributed by atoms with E-state index in [1.54, 1.807) is 18.2 Å². The molecule has 1 fully saturated rings. The molecule has 33 heavy (non-hydrogen) atoms. The fourth-order valence-corrected chi connectivity index (χ4v) is 6.09. The molecule has 1 aliphatic heterocycles. The Balaban J connectivity index is 1.55. The number of hydrogen-bond acceptors (Lipinski definition) is 5. The highest BCUT2D eigenvalue weighted by Crippen LogP contribution is 2.48. The highest BCUT2D eigenvalue weighted by molar-refractivity contribution is 7.98. The van der Waals surface area contributed by atoms with Crippen molar-refractivity contribution >= 4 is 23.4 Å². The Bertz CT molecular complexity index is 1260. The Kier molecular flexibility index (Phi) is 5.60. The molecule has 1 saturated carbocycles. The normalized spacial score (nSPS) is 23.4. The summed E-state index contributed by atoms with van der Waals surface area (Å²) in [5.74, 6) is 0.119. The first-order valence-corrected chi connectivity index (χ1v) is 12.2. The van der Waals surface area contributed by atoms with Gasteiger partial charge in [0.25, 0.3) is 5.56 Å². The molecule has 0 amide bonds. The highest BCUT2D eigenvalue weighted by Gasteiger charge is 2.49.